The monoisotopic (exact) mass is 423 g/mol. The van der Waals surface area contributed by atoms with Gasteiger partial charge in [0.05, 0.1) is 39.2 Å². The number of halogens is 2. The lowest BCUT2D eigenvalue weighted by molar-refractivity contribution is 1.23. The lowest BCUT2D eigenvalue weighted by Crippen LogP contribution is -2.05. The lowest BCUT2D eigenvalue weighted by Gasteiger charge is -2.09. The normalized spacial score (nSPS) is 12.4. The molecule has 0 atom stereocenters. The van der Waals surface area contributed by atoms with Crippen molar-refractivity contribution >= 4 is 46.0 Å². The number of nitrogens with zero attached hydrogens (tertiary/aromatic N) is 3. The molecule has 0 saturated heterocycles. The molecule has 3 aromatic rings. The van der Waals surface area contributed by atoms with Crippen LogP contribution in [-0.4, -0.2) is 16.4 Å². The quantitative estimate of drug-likeness (QED) is 0.398. The molecule has 3 nitrogen and oxygen atoms in total. The second-order valence-electron chi connectivity index (χ2n) is 7.10. The van der Waals surface area contributed by atoms with E-state index in [4.69, 9.17) is 38.2 Å². The molecule has 148 valence electrons. The van der Waals surface area contributed by atoms with Crippen LogP contribution in [0.5, 0.6) is 0 Å². The van der Waals surface area contributed by atoms with Gasteiger partial charge < -0.3 is 0 Å². The summed E-state index contributed by atoms with van der Waals surface area (Å²) in [6.45, 7) is 9.98. The van der Waals surface area contributed by atoms with Crippen molar-refractivity contribution in [2.45, 2.75) is 34.6 Å². The van der Waals surface area contributed by atoms with Crippen LogP contribution in [0.15, 0.2) is 58.5 Å². The molecular weight excluding hydrogens is 401 g/mol. The van der Waals surface area contributed by atoms with Crippen molar-refractivity contribution in [1.29, 1.82) is 0 Å². The summed E-state index contributed by atoms with van der Waals surface area (Å²) in [6, 6.07) is 15.6. The number of benzene rings is 2. The minimum Gasteiger partial charge on any atom is -0.251 e. The fraction of sp³-hybridized carbons (Fsp3) is 0.208. The van der Waals surface area contributed by atoms with Crippen LogP contribution in [0.1, 0.15) is 41.9 Å². The molecular formula is C24H23Cl2N3. The number of pyridine rings is 1. The Kier molecular flexibility index (Phi) is 6.51. The Morgan fingerprint density at radius 2 is 1.24 bits per heavy atom. The van der Waals surface area contributed by atoms with Crippen molar-refractivity contribution in [2.75, 3.05) is 0 Å². The molecule has 0 radical (unpaired) electrons. The minimum atomic E-state index is 0.526. The Morgan fingerprint density at radius 3 is 1.79 bits per heavy atom. The average Bonchev–Trinajstić information content (AvgIpc) is 2.67. The Morgan fingerprint density at radius 1 is 0.724 bits per heavy atom. The van der Waals surface area contributed by atoms with Crippen LogP contribution in [0.2, 0.25) is 10.0 Å². The molecule has 0 aliphatic rings. The molecule has 0 saturated carbocycles. The van der Waals surface area contributed by atoms with Gasteiger partial charge in [-0.2, -0.15) is 0 Å². The summed E-state index contributed by atoms with van der Waals surface area (Å²) in [5, 5.41) is 1.13. The third kappa shape index (κ3) is 4.92. The summed E-state index contributed by atoms with van der Waals surface area (Å²) < 4.78 is 0. The number of aliphatic imine (C=N–C) groups is 2. The van der Waals surface area contributed by atoms with Crippen LogP contribution in [-0.2, 0) is 0 Å². The predicted octanol–water partition coefficient (Wildman–Crippen LogP) is 7.60. The van der Waals surface area contributed by atoms with Crippen molar-refractivity contribution in [1.82, 2.24) is 4.98 Å². The molecule has 0 bridgehead atoms. The highest BCUT2D eigenvalue weighted by Gasteiger charge is 2.09. The summed E-state index contributed by atoms with van der Waals surface area (Å²) in [6.07, 6.45) is 0. The van der Waals surface area contributed by atoms with Gasteiger partial charge in [0.25, 0.3) is 0 Å². The third-order valence-electron chi connectivity index (χ3n) is 4.71. The van der Waals surface area contributed by atoms with Gasteiger partial charge in [-0.05, 0) is 75.6 Å². The topological polar surface area (TPSA) is 37.6 Å². The third-order valence-corrected chi connectivity index (χ3v) is 5.21. The van der Waals surface area contributed by atoms with E-state index in [0.29, 0.717) is 15.7 Å². The van der Waals surface area contributed by atoms with Crippen molar-refractivity contribution < 1.29 is 0 Å². The van der Waals surface area contributed by atoms with E-state index in [9.17, 15) is 0 Å². The van der Waals surface area contributed by atoms with Crippen molar-refractivity contribution in [3.8, 4) is 0 Å². The fourth-order valence-electron chi connectivity index (χ4n) is 3.11. The molecule has 1 heterocycles. The Labute approximate surface area is 182 Å². The first-order valence-electron chi connectivity index (χ1n) is 9.36. The van der Waals surface area contributed by atoms with Gasteiger partial charge in [0, 0.05) is 5.02 Å². The standard InChI is InChI=1S/C24H23Cl2N3/c1-14-8-6-9-15(2)23(14)27-17(4)21-10-7-11-22(29-21)18(5)28-24-16(3)12-19(25)13-20(24)26/h6-13H,1-5H3. The first-order chi connectivity index (χ1) is 13.8. The maximum atomic E-state index is 6.34. The van der Waals surface area contributed by atoms with Crippen molar-refractivity contribution in [2.24, 2.45) is 9.98 Å². The number of aromatic nitrogens is 1. The van der Waals surface area contributed by atoms with Gasteiger partial charge in [-0.3, -0.25) is 4.99 Å². The Balaban J connectivity index is 1.98. The minimum absolute atomic E-state index is 0.526. The highest BCUT2D eigenvalue weighted by atomic mass is 35.5. The summed E-state index contributed by atoms with van der Waals surface area (Å²) >= 11 is 12.4. The van der Waals surface area contributed by atoms with Crippen LogP contribution in [0.4, 0.5) is 11.4 Å². The van der Waals surface area contributed by atoms with E-state index in [1.165, 1.54) is 0 Å². The van der Waals surface area contributed by atoms with E-state index >= 15 is 0 Å². The van der Waals surface area contributed by atoms with Crippen LogP contribution in [0, 0.1) is 20.8 Å². The smallest absolute Gasteiger partial charge is 0.0850 e. The number of hydrogen-bond donors (Lipinski definition) is 0. The van der Waals surface area contributed by atoms with Gasteiger partial charge in [-0.15, -0.1) is 0 Å². The van der Waals surface area contributed by atoms with E-state index in [1.54, 1.807) is 6.07 Å². The summed E-state index contributed by atoms with van der Waals surface area (Å²) in [7, 11) is 0. The molecule has 0 aliphatic carbocycles. The van der Waals surface area contributed by atoms with E-state index in [-0.39, 0.29) is 0 Å². The summed E-state index contributed by atoms with van der Waals surface area (Å²) in [5.41, 5.74) is 8.15. The molecule has 0 spiro atoms. The predicted molar refractivity (Wildman–Crippen MR) is 125 cm³/mol. The second-order valence-corrected chi connectivity index (χ2v) is 7.94. The molecule has 3 rings (SSSR count). The molecule has 5 heteroatoms. The maximum absolute atomic E-state index is 6.34. The van der Waals surface area contributed by atoms with E-state index < -0.39 is 0 Å². The Bertz CT molecular complexity index is 1090. The van der Waals surface area contributed by atoms with Gasteiger partial charge in [-0.25, -0.2) is 9.98 Å². The van der Waals surface area contributed by atoms with Gasteiger partial charge in [0.2, 0.25) is 0 Å². The van der Waals surface area contributed by atoms with Crippen LogP contribution in [0.25, 0.3) is 0 Å². The zero-order chi connectivity index (χ0) is 21.1. The zero-order valence-electron chi connectivity index (χ0n) is 17.2. The van der Waals surface area contributed by atoms with E-state index in [1.807, 2.05) is 51.1 Å². The average molecular weight is 424 g/mol. The van der Waals surface area contributed by atoms with Crippen LogP contribution < -0.4 is 0 Å². The van der Waals surface area contributed by atoms with E-state index in [0.717, 1.165) is 45.2 Å². The van der Waals surface area contributed by atoms with Crippen LogP contribution in [0.3, 0.4) is 0 Å². The maximum Gasteiger partial charge on any atom is 0.0850 e. The molecule has 29 heavy (non-hydrogen) atoms. The first kappa shape index (κ1) is 21.2. The first-order valence-corrected chi connectivity index (χ1v) is 10.1. The SMILES string of the molecule is CC(=Nc1c(C)cccc1C)c1cccc(C(C)=Nc2c(C)cc(Cl)cc2Cl)n1. The lowest BCUT2D eigenvalue weighted by atomic mass is 10.1. The van der Waals surface area contributed by atoms with Crippen LogP contribution >= 0.6 is 23.2 Å². The summed E-state index contributed by atoms with van der Waals surface area (Å²) in [4.78, 5) is 14.3. The highest BCUT2D eigenvalue weighted by molar-refractivity contribution is 6.36. The second kappa shape index (κ2) is 8.89. The number of aryl methyl sites for hydroxylation is 3. The van der Waals surface area contributed by atoms with E-state index in [2.05, 4.69) is 26.0 Å². The Hall–Kier alpha value is -2.49. The van der Waals surface area contributed by atoms with Gasteiger partial charge in [0.1, 0.15) is 0 Å². The molecule has 2 aromatic carbocycles. The number of para-hydroxylation sites is 1. The molecule has 0 aliphatic heterocycles. The van der Waals surface area contributed by atoms with Crippen molar-refractivity contribution in [3.05, 3.63) is 86.7 Å². The number of hydrogen-bond acceptors (Lipinski definition) is 3. The highest BCUT2D eigenvalue weighted by Crippen LogP contribution is 2.32. The molecule has 0 unspecified atom stereocenters. The molecule has 1 aromatic heterocycles. The molecule has 0 amide bonds. The van der Waals surface area contributed by atoms with Gasteiger partial charge in [-0.1, -0.05) is 47.5 Å². The number of rotatable bonds is 4. The largest absolute Gasteiger partial charge is 0.251 e. The zero-order valence-corrected chi connectivity index (χ0v) is 18.7. The van der Waals surface area contributed by atoms with Gasteiger partial charge in [0.15, 0.2) is 0 Å². The van der Waals surface area contributed by atoms with Gasteiger partial charge >= 0.3 is 0 Å². The fourth-order valence-corrected chi connectivity index (χ4v) is 3.74. The molecule has 0 N–H and O–H groups in total. The molecule has 0 fully saturated rings. The summed E-state index contributed by atoms with van der Waals surface area (Å²) in [5.74, 6) is 0. The van der Waals surface area contributed by atoms with Crippen molar-refractivity contribution in [3.63, 3.8) is 0 Å².